The smallest absolute Gasteiger partial charge is 0.0407 e. The highest BCUT2D eigenvalue weighted by Crippen LogP contribution is 2.29. The van der Waals surface area contributed by atoms with Gasteiger partial charge in [-0.25, -0.2) is 0 Å². The van der Waals surface area contributed by atoms with Gasteiger partial charge in [0.25, 0.3) is 0 Å². The standard InChI is InChI=1S/C11H16BrN/c1-8(2)10-6-5-9(12)7-11(10)13(3)4/h5-8H,1-4H3. The Hall–Kier alpha value is -0.500. The third-order valence-electron chi connectivity index (χ3n) is 2.10. The molecule has 0 aromatic heterocycles. The lowest BCUT2D eigenvalue weighted by molar-refractivity contribution is 0.858. The predicted molar refractivity (Wildman–Crippen MR) is 62.6 cm³/mol. The summed E-state index contributed by atoms with van der Waals surface area (Å²) in [5.41, 5.74) is 2.69. The van der Waals surface area contributed by atoms with Crippen molar-refractivity contribution in [2.45, 2.75) is 19.8 Å². The number of nitrogens with zero attached hydrogens (tertiary/aromatic N) is 1. The van der Waals surface area contributed by atoms with Gasteiger partial charge in [-0.05, 0) is 23.6 Å². The molecule has 1 aromatic rings. The van der Waals surface area contributed by atoms with E-state index in [0.717, 1.165) is 4.47 Å². The molecule has 0 radical (unpaired) electrons. The first-order valence-electron chi connectivity index (χ1n) is 4.49. The summed E-state index contributed by atoms with van der Waals surface area (Å²) in [6, 6.07) is 6.45. The largest absolute Gasteiger partial charge is 0.377 e. The van der Waals surface area contributed by atoms with E-state index in [1.54, 1.807) is 0 Å². The monoisotopic (exact) mass is 241 g/mol. The zero-order valence-corrected chi connectivity index (χ0v) is 10.2. The van der Waals surface area contributed by atoms with Crippen LogP contribution in [0.2, 0.25) is 0 Å². The summed E-state index contributed by atoms with van der Waals surface area (Å²) < 4.78 is 1.14. The fraction of sp³-hybridized carbons (Fsp3) is 0.455. The van der Waals surface area contributed by atoms with Crippen LogP contribution in [0.5, 0.6) is 0 Å². The second-order valence-corrected chi connectivity index (χ2v) is 4.67. The third kappa shape index (κ3) is 2.47. The summed E-state index contributed by atoms with van der Waals surface area (Å²) in [6.45, 7) is 4.44. The third-order valence-corrected chi connectivity index (χ3v) is 2.59. The minimum absolute atomic E-state index is 0.575. The highest BCUT2D eigenvalue weighted by molar-refractivity contribution is 9.10. The van der Waals surface area contributed by atoms with Crippen molar-refractivity contribution in [2.75, 3.05) is 19.0 Å². The molecule has 0 spiro atoms. The number of anilines is 1. The van der Waals surface area contributed by atoms with Crippen LogP contribution in [0.15, 0.2) is 22.7 Å². The van der Waals surface area contributed by atoms with Gasteiger partial charge in [0.2, 0.25) is 0 Å². The number of benzene rings is 1. The number of rotatable bonds is 2. The van der Waals surface area contributed by atoms with Gasteiger partial charge in [0, 0.05) is 24.3 Å². The summed E-state index contributed by atoms with van der Waals surface area (Å²) in [7, 11) is 4.15. The lowest BCUT2D eigenvalue weighted by Gasteiger charge is -2.19. The van der Waals surface area contributed by atoms with Gasteiger partial charge in [-0.2, -0.15) is 0 Å². The van der Waals surface area contributed by atoms with E-state index in [0.29, 0.717) is 5.92 Å². The first kappa shape index (κ1) is 10.6. The molecule has 0 saturated carbocycles. The molecule has 0 fully saturated rings. The first-order chi connectivity index (χ1) is 6.02. The molecule has 0 atom stereocenters. The lowest BCUT2D eigenvalue weighted by Crippen LogP contribution is -2.11. The molecule has 0 aliphatic rings. The van der Waals surface area contributed by atoms with Crippen LogP contribution in [0.25, 0.3) is 0 Å². The molecule has 0 bridgehead atoms. The number of hydrogen-bond acceptors (Lipinski definition) is 1. The van der Waals surface area contributed by atoms with Gasteiger partial charge in [-0.1, -0.05) is 35.8 Å². The van der Waals surface area contributed by atoms with Gasteiger partial charge < -0.3 is 4.90 Å². The Kier molecular flexibility index (Phi) is 3.37. The molecular formula is C11H16BrN. The highest BCUT2D eigenvalue weighted by atomic mass is 79.9. The fourth-order valence-electron chi connectivity index (χ4n) is 1.39. The van der Waals surface area contributed by atoms with Gasteiger partial charge in [-0.15, -0.1) is 0 Å². The molecule has 72 valence electrons. The second-order valence-electron chi connectivity index (χ2n) is 3.75. The quantitative estimate of drug-likeness (QED) is 0.765. The lowest BCUT2D eigenvalue weighted by atomic mass is 10.0. The van der Waals surface area contributed by atoms with Crippen molar-refractivity contribution in [1.82, 2.24) is 0 Å². The van der Waals surface area contributed by atoms with Crippen molar-refractivity contribution in [3.8, 4) is 0 Å². The minimum Gasteiger partial charge on any atom is -0.377 e. The SMILES string of the molecule is CC(C)c1ccc(Br)cc1N(C)C. The van der Waals surface area contributed by atoms with Crippen molar-refractivity contribution in [3.05, 3.63) is 28.2 Å². The van der Waals surface area contributed by atoms with Crippen LogP contribution in [-0.2, 0) is 0 Å². The van der Waals surface area contributed by atoms with Crippen LogP contribution >= 0.6 is 15.9 Å². The molecule has 0 amide bonds. The maximum Gasteiger partial charge on any atom is 0.0407 e. The van der Waals surface area contributed by atoms with E-state index in [2.05, 4.69) is 67.0 Å². The Morgan fingerprint density at radius 1 is 1.23 bits per heavy atom. The van der Waals surface area contributed by atoms with Gasteiger partial charge in [0.05, 0.1) is 0 Å². The van der Waals surface area contributed by atoms with Crippen LogP contribution in [0, 0.1) is 0 Å². The zero-order chi connectivity index (χ0) is 10.0. The van der Waals surface area contributed by atoms with Crippen molar-refractivity contribution >= 4 is 21.6 Å². The Morgan fingerprint density at radius 2 is 1.85 bits per heavy atom. The van der Waals surface area contributed by atoms with E-state index >= 15 is 0 Å². The summed E-state index contributed by atoms with van der Waals surface area (Å²) in [5, 5.41) is 0. The highest BCUT2D eigenvalue weighted by Gasteiger charge is 2.07. The van der Waals surface area contributed by atoms with Gasteiger partial charge in [0.1, 0.15) is 0 Å². The number of halogens is 1. The van der Waals surface area contributed by atoms with Gasteiger partial charge in [0.15, 0.2) is 0 Å². The first-order valence-corrected chi connectivity index (χ1v) is 5.28. The zero-order valence-electron chi connectivity index (χ0n) is 8.63. The average Bonchev–Trinajstić information content (AvgIpc) is 2.03. The molecule has 0 aliphatic carbocycles. The van der Waals surface area contributed by atoms with Crippen molar-refractivity contribution < 1.29 is 0 Å². The van der Waals surface area contributed by atoms with Crippen molar-refractivity contribution in [1.29, 1.82) is 0 Å². The predicted octanol–water partition coefficient (Wildman–Crippen LogP) is 3.64. The molecule has 0 saturated heterocycles. The maximum absolute atomic E-state index is 3.49. The molecule has 0 N–H and O–H groups in total. The van der Waals surface area contributed by atoms with Crippen LogP contribution in [0.4, 0.5) is 5.69 Å². The van der Waals surface area contributed by atoms with Crippen molar-refractivity contribution in [3.63, 3.8) is 0 Å². The van der Waals surface area contributed by atoms with Crippen LogP contribution in [0.3, 0.4) is 0 Å². The van der Waals surface area contributed by atoms with E-state index in [4.69, 9.17) is 0 Å². The summed E-state index contributed by atoms with van der Waals surface area (Å²) in [4.78, 5) is 2.15. The van der Waals surface area contributed by atoms with Gasteiger partial charge in [-0.3, -0.25) is 0 Å². The molecule has 13 heavy (non-hydrogen) atoms. The minimum atomic E-state index is 0.575. The molecular weight excluding hydrogens is 226 g/mol. The van der Waals surface area contributed by atoms with E-state index in [9.17, 15) is 0 Å². The Morgan fingerprint density at radius 3 is 2.31 bits per heavy atom. The van der Waals surface area contributed by atoms with Crippen LogP contribution in [-0.4, -0.2) is 14.1 Å². The molecule has 0 aliphatic heterocycles. The second kappa shape index (κ2) is 4.14. The summed E-state index contributed by atoms with van der Waals surface area (Å²) >= 11 is 3.49. The van der Waals surface area contributed by atoms with Crippen LogP contribution in [0.1, 0.15) is 25.3 Å². The average molecular weight is 242 g/mol. The Balaban J connectivity index is 3.19. The topological polar surface area (TPSA) is 3.24 Å². The molecule has 1 rings (SSSR count). The van der Waals surface area contributed by atoms with Crippen LogP contribution < -0.4 is 4.90 Å². The molecule has 1 aromatic carbocycles. The molecule has 2 heteroatoms. The van der Waals surface area contributed by atoms with E-state index in [1.165, 1.54) is 11.3 Å². The van der Waals surface area contributed by atoms with Gasteiger partial charge >= 0.3 is 0 Å². The molecule has 1 nitrogen and oxygen atoms in total. The van der Waals surface area contributed by atoms with E-state index in [-0.39, 0.29) is 0 Å². The summed E-state index contributed by atoms with van der Waals surface area (Å²) in [6.07, 6.45) is 0. The number of hydrogen-bond donors (Lipinski definition) is 0. The Bertz CT molecular complexity index is 292. The molecule has 0 heterocycles. The maximum atomic E-state index is 3.49. The van der Waals surface area contributed by atoms with E-state index < -0.39 is 0 Å². The fourth-order valence-corrected chi connectivity index (χ4v) is 1.74. The molecule has 0 unspecified atom stereocenters. The normalized spacial score (nSPS) is 10.6. The van der Waals surface area contributed by atoms with Crippen molar-refractivity contribution in [2.24, 2.45) is 0 Å². The van der Waals surface area contributed by atoms with E-state index in [1.807, 2.05) is 0 Å². The summed E-state index contributed by atoms with van der Waals surface area (Å²) in [5.74, 6) is 0.575. The Labute approximate surface area is 88.9 Å².